The predicted octanol–water partition coefficient (Wildman–Crippen LogP) is 5.65. The molecule has 4 aromatic heterocycles. The zero-order chi connectivity index (χ0) is 28.6. The summed E-state index contributed by atoms with van der Waals surface area (Å²) in [7, 11) is 2.06. The Labute approximate surface area is 245 Å². The van der Waals surface area contributed by atoms with E-state index < -0.39 is 0 Å². The summed E-state index contributed by atoms with van der Waals surface area (Å²) in [6.07, 6.45) is 10.9. The molecule has 2 unspecified atom stereocenters. The number of nitrogens with zero attached hydrogens (tertiary/aromatic N) is 6. The Morgan fingerprint density at radius 3 is 2.69 bits per heavy atom. The van der Waals surface area contributed by atoms with Gasteiger partial charge >= 0.3 is 0 Å². The maximum absolute atomic E-state index is 13.6. The van der Waals surface area contributed by atoms with Crippen LogP contribution in [0, 0.1) is 5.92 Å². The highest BCUT2D eigenvalue weighted by Crippen LogP contribution is 2.35. The number of amides is 1. The summed E-state index contributed by atoms with van der Waals surface area (Å²) in [5.41, 5.74) is 4.98. The average molecular weight is 564 g/mol. The standard InChI is InChI=1S/C33H37N7O2/c1-22-8-6-12-28(22)37-33(41)26-19-35-40-30(38(2)20-23-9-4-3-5-10-23)18-29(36-32(26)40)27-21-39(24-13-16-42-17-14-24)31-25(27)11-7-15-34-31/h3-5,7,9-11,15,18-19,21-22,24,28H,6,8,12-14,16-17,20H2,1-2H3,(H,37,41). The third-order valence-corrected chi connectivity index (χ3v) is 8.98. The summed E-state index contributed by atoms with van der Waals surface area (Å²) in [6, 6.07) is 17.0. The van der Waals surface area contributed by atoms with E-state index >= 15 is 0 Å². The zero-order valence-electron chi connectivity index (χ0n) is 24.2. The molecule has 1 aliphatic carbocycles. The van der Waals surface area contributed by atoms with E-state index in [1.807, 2.05) is 18.3 Å². The second-order valence-electron chi connectivity index (χ2n) is 11.8. The number of aromatic nitrogens is 5. The summed E-state index contributed by atoms with van der Waals surface area (Å²) in [5, 5.41) is 9.01. The Hall–Kier alpha value is -4.24. The van der Waals surface area contributed by atoms with Crippen molar-refractivity contribution in [1.29, 1.82) is 0 Å². The molecule has 0 spiro atoms. The molecule has 1 aliphatic heterocycles. The minimum absolute atomic E-state index is 0.114. The number of hydrogen-bond acceptors (Lipinski definition) is 6. The van der Waals surface area contributed by atoms with Crippen LogP contribution in [0.1, 0.15) is 61.0 Å². The third-order valence-electron chi connectivity index (χ3n) is 8.98. The molecule has 9 nitrogen and oxygen atoms in total. The van der Waals surface area contributed by atoms with Crippen molar-refractivity contribution >= 4 is 28.4 Å². The maximum Gasteiger partial charge on any atom is 0.256 e. The molecule has 5 aromatic rings. The van der Waals surface area contributed by atoms with Crippen LogP contribution in [0.25, 0.3) is 27.9 Å². The largest absolute Gasteiger partial charge is 0.381 e. The number of carbonyl (C=O) groups is 1. The number of hydrogen-bond donors (Lipinski definition) is 1. The van der Waals surface area contributed by atoms with Crippen LogP contribution >= 0.6 is 0 Å². The number of anilines is 1. The highest BCUT2D eigenvalue weighted by atomic mass is 16.5. The lowest BCUT2D eigenvalue weighted by atomic mass is 10.1. The monoisotopic (exact) mass is 563 g/mol. The Kier molecular flexibility index (Phi) is 7.11. The molecule has 1 saturated carbocycles. The second-order valence-corrected chi connectivity index (χ2v) is 11.8. The first-order valence-electron chi connectivity index (χ1n) is 15.0. The molecule has 2 fully saturated rings. The second kappa shape index (κ2) is 11.2. The van der Waals surface area contributed by atoms with Gasteiger partial charge in [-0.05, 0) is 49.3 Å². The third kappa shape index (κ3) is 4.91. The van der Waals surface area contributed by atoms with E-state index in [0.717, 1.165) is 73.4 Å². The van der Waals surface area contributed by atoms with Gasteiger partial charge in [0.05, 0.1) is 11.9 Å². The fraction of sp³-hybridized carbons (Fsp3) is 0.394. The molecule has 1 saturated heterocycles. The molecule has 0 radical (unpaired) electrons. The molecule has 0 bridgehead atoms. The van der Waals surface area contributed by atoms with Crippen LogP contribution in [-0.4, -0.2) is 56.4 Å². The van der Waals surface area contributed by atoms with E-state index in [2.05, 4.69) is 71.4 Å². The Morgan fingerprint density at radius 2 is 1.90 bits per heavy atom. The summed E-state index contributed by atoms with van der Waals surface area (Å²) < 4.78 is 9.74. The van der Waals surface area contributed by atoms with Crippen molar-refractivity contribution in [2.24, 2.45) is 5.92 Å². The van der Waals surface area contributed by atoms with Gasteiger partial charge in [0.2, 0.25) is 0 Å². The van der Waals surface area contributed by atoms with Crippen LogP contribution in [0.15, 0.2) is 67.1 Å². The lowest BCUT2D eigenvalue weighted by molar-refractivity contribution is 0.0706. The summed E-state index contributed by atoms with van der Waals surface area (Å²) in [5.74, 6) is 1.22. The van der Waals surface area contributed by atoms with Gasteiger partial charge in [0, 0.05) is 68.3 Å². The van der Waals surface area contributed by atoms with Crippen molar-refractivity contribution in [3.8, 4) is 11.3 Å². The molecular formula is C33H37N7O2. The molecule has 7 rings (SSSR count). The van der Waals surface area contributed by atoms with E-state index in [0.29, 0.717) is 29.7 Å². The molecular weight excluding hydrogens is 526 g/mol. The van der Waals surface area contributed by atoms with Gasteiger partial charge in [0.25, 0.3) is 5.91 Å². The molecule has 1 aromatic carbocycles. The Balaban J connectivity index is 1.36. The first-order chi connectivity index (χ1) is 20.6. The number of benzene rings is 1. The fourth-order valence-corrected chi connectivity index (χ4v) is 6.59. The quantitative estimate of drug-likeness (QED) is 0.275. The van der Waals surface area contributed by atoms with Crippen molar-refractivity contribution in [2.75, 3.05) is 25.2 Å². The topological polar surface area (TPSA) is 89.6 Å². The van der Waals surface area contributed by atoms with Crippen molar-refractivity contribution in [1.82, 2.24) is 29.5 Å². The van der Waals surface area contributed by atoms with Gasteiger partial charge in [-0.1, -0.05) is 43.7 Å². The van der Waals surface area contributed by atoms with E-state index in [-0.39, 0.29) is 11.9 Å². The van der Waals surface area contributed by atoms with Gasteiger partial charge in [-0.2, -0.15) is 9.61 Å². The highest BCUT2D eigenvalue weighted by molar-refractivity contribution is 6.01. The first-order valence-corrected chi connectivity index (χ1v) is 15.0. The zero-order valence-corrected chi connectivity index (χ0v) is 24.2. The van der Waals surface area contributed by atoms with Crippen LogP contribution in [0.5, 0.6) is 0 Å². The van der Waals surface area contributed by atoms with Gasteiger partial charge in [-0.25, -0.2) is 9.97 Å². The normalized spacial score (nSPS) is 19.5. The lowest BCUT2D eigenvalue weighted by Gasteiger charge is -2.24. The first kappa shape index (κ1) is 26.6. The van der Waals surface area contributed by atoms with Gasteiger partial charge in [0.15, 0.2) is 5.65 Å². The van der Waals surface area contributed by atoms with Crippen molar-refractivity contribution < 1.29 is 9.53 Å². The summed E-state index contributed by atoms with van der Waals surface area (Å²) in [6.45, 7) is 4.40. The van der Waals surface area contributed by atoms with E-state index in [1.54, 1.807) is 10.7 Å². The SMILES string of the molecule is CC1CCCC1NC(=O)c1cnn2c(N(C)Cc3ccccc3)cc(-c3cn(C4CCOCC4)c4ncccc34)nc12. The number of pyridine rings is 1. The van der Waals surface area contributed by atoms with Gasteiger partial charge in [-0.15, -0.1) is 0 Å². The Bertz CT molecular complexity index is 1720. The smallest absolute Gasteiger partial charge is 0.256 e. The number of ether oxygens (including phenoxy) is 1. The van der Waals surface area contributed by atoms with Crippen LogP contribution in [0.3, 0.4) is 0 Å². The van der Waals surface area contributed by atoms with Crippen molar-refractivity contribution in [3.05, 3.63) is 78.2 Å². The molecule has 9 heteroatoms. The van der Waals surface area contributed by atoms with Crippen LogP contribution in [0.4, 0.5) is 5.82 Å². The van der Waals surface area contributed by atoms with Crippen LogP contribution in [-0.2, 0) is 11.3 Å². The van der Waals surface area contributed by atoms with Gasteiger partial charge in [0.1, 0.15) is 17.0 Å². The maximum atomic E-state index is 13.6. The highest BCUT2D eigenvalue weighted by Gasteiger charge is 2.28. The molecule has 2 atom stereocenters. The lowest BCUT2D eigenvalue weighted by Crippen LogP contribution is -2.36. The van der Waals surface area contributed by atoms with E-state index in [1.165, 1.54) is 5.56 Å². The number of carbonyl (C=O) groups excluding carboxylic acids is 1. The average Bonchev–Trinajstić information content (AvgIpc) is 3.74. The van der Waals surface area contributed by atoms with E-state index in [4.69, 9.17) is 19.8 Å². The number of nitrogens with one attached hydrogen (secondary N) is 1. The molecule has 1 amide bonds. The fourth-order valence-electron chi connectivity index (χ4n) is 6.59. The molecule has 2 aliphatic rings. The molecule has 42 heavy (non-hydrogen) atoms. The Morgan fingerprint density at radius 1 is 1.07 bits per heavy atom. The number of fused-ring (bicyclic) bond motifs is 2. The molecule has 1 N–H and O–H groups in total. The van der Waals surface area contributed by atoms with Crippen molar-refractivity contribution in [2.45, 2.75) is 57.7 Å². The minimum Gasteiger partial charge on any atom is -0.381 e. The summed E-state index contributed by atoms with van der Waals surface area (Å²) >= 11 is 0. The van der Waals surface area contributed by atoms with Crippen molar-refractivity contribution in [3.63, 3.8) is 0 Å². The van der Waals surface area contributed by atoms with Crippen LogP contribution < -0.4 is 10.2 Å². The van der Waals surface area contributed by atoms with Crippen LogP contribution in [0.2, 0.25) is 0 Å². The number of rotatable bonds is 7. The van der Waals surface area contributed by atoms with Gasteiger partial charge < -0.3 is 19.5 Å². The van der Waals surface area contributed by atoms with Gasteiger partial charge in [-0.3, -0.25) is 4.79 Å². The minimum atomic E-state index is -0.114. The summed E-state index contributed by atoms with van der Waals surface area (Å²) in [4.78, 5) is 25.7. The van der Waals surface area contributed by atoms with E-state index in [9.17, 15) is 4.79 Å². The molecule has 216 valence electrons. The molecule has 5 heterocycles. The predicted molar refractivity (Wildman–Crippen MR) is 164 cm³/mol.